The largest absolute Gasteiger partial charge is 0.340 e. The highest BCUT2D eigenvalue weighted by Gasteiger charge is 2.46. The third-order valence-corrected chi connectivity index (χ3v) is 4.42. The van der Waals surface area contributed by atoms with Gasteiger partial charge in [0.15, 0.2) is 0 Å². The average Bonchev–Trinajstić information content (AvgIpc) is 2.53. The minimum absolute atomic E-state index is 0.116. The minimum Gasteiger partial charge on any atom is -0.340 e. The van der Waals surface area contributed by atoms with Gasteiger partial charge in [0.1, 0.15) is 12.2 Å². The molecule has 2 atom stereocenters. The number of fused-ring (bicyclic) bond motifs is 1. The summed E-state index contributed by atoms with van der Waals surface area (Å²) in [6, 6.07) is 2.17. The van der Waals surface area contributed by atoms with Gasteiger partial charge in [-0.3, -0.25) is 19.2 Å². The Kier molecular flexibility index (Phi) is 3.67. The lowest BCUT2D eigenvalue weighted by Gasteiger charge is -2.50. The number of nitrogens with one attached hydrogen (secondary N) is 1. The van der Waals surface area contributed by atoms with Gasteiger partial charge in [0.2, 0.25) is 17.4 Å². The molecular weight excluding hydrogens is 300 g/mol. The molecule has 0 aliphatic carbocycles. The van der Waals surface area contributed by atoms with Crippen molar-refractivity contribution in [2.75, 3.05) is 20.1 Å². The summed E-state index contributed by atoms with van der Waals surface area (Å²) in [6.45, 7) is 2.26. The number of amides is 3. The molecule has 0 radical (unpaired) electrons. The van der Waals surface area contributed by atoms with E-state index in [1.807, 2.05) is 0 Å². The SMILES string of the molecule is CC1C(=O)N(C)CC2N(C(=O)c3ccc(=O)[nH]c3)CCC(=O)N12. The Bertz CT molecular complexity index is 708. The number of pyridine rings is 1. The van der Waals surface area contributed by atoms with Crippen molar-refractivity contribution in [3.63, 3.8) is 0 Å². The highest BCUT2D eigenvalue weighted by atomic mass is 16.2. The second kappa shape index (κ2) is 5.53. The number of likely N-dealkylation sites (N-methyl/N-ethyl adjacent to an activating group) is 1. The maximum atomic E-state index is 12.7. The van der Waals surface area contributed by atoms with Crippen LogP contribution in [0.3, 0.4) is 0 Å². The number of nitrogens with zero attached hydrogens (tertiary/aromatic N) is 3. The first-order valence-electron chi connectivity index (χ1n) is 7.46. The number of aromatic amines is 1. The Balaban J connectivity index is 1.92. The van der Waals surface area contributed by atoms with E-state index >= 15 is 0 Å². The summed E-state index contributed by atoms with van der Waals surface area (Å²) in [7, 11) is 1.66. The van der Waals surface area contributed by atoms with Crippen molar-refractivity contribution < 1.29 is 14.4 Å². The summed E-state index contributed by atoms with van der Waals surface area (Å²) >= 11 is 0. The predicted molar refractivity (Wildman–Crippen MR) is 80.4 cm³/mol. The summed E-state index contributed by atoms with van der Waals surface area (Å²) in [4.78, 5) is 55.3. The van der Waals surface area contributed by atoms with Crippen LogP contribution in [0, 0.1) is 0 Å². The van der Waals surface area contributed by atoms with Crippen LogP contribution in [0.2, 0.25) is 0 Å². The van der Waals surface area contributed by atoms with Crippen molar-refractivity contribution in [3.8, 4) is 0 Å². The summed E-state index contributed by atoms with van der Waals surface area (Å²) in [5.74, 6) is -0.513. The first-order valence-corrected chi connectivity index (χ1v) is 7.46. The van der Waals surface area contributed by atoms with Crippen LogP contribution in [-0.4, -0.2) is 69.8 Å². The van der Waals surface area contributed by atoms with E-state index in [-0.39, 0.29) is 36.2 Å². The number of carbonyl (C=O) groups is 3. The van der Waals surface area contributed by atoms with E-state index in [1.54, 1.807) is 18.9 Å². The maximum Gasteiger partial charge on any atom is 0.257 e. The van der Waals surface area contributed by atoms with Crippen LogP contribution < -0.4 is 5.56 Å². The molecule has 2 fully saturated rings. The van der Waals surface area contributed by atoms with Gasteiger partial charge in [-0.15, -0.1) is 0 Å². The lowest BCUT2D eigenvalue weighted by atomic mass is 10.0. The van der Waals surface area contributed by atoms with E-state index in [0.29, 0.717) is 12.1 Å². The Morgan fingerprint density at radius 1 is 1.26 bits per heavy atom. The van der Waals surface area contributed by atoms with Crippen LogP contribution in [0.4, 0.5) is 0 Å². The number of hydrogen-bond donors (Lipinski definition) is 1. The molecular formula is C15H18N4O4. The Hall–Kier alpha value is -2.64. The van der Waals surface area contributed by atoms with Crippen molar-refractivity contribution in [1.82, 2.24) is 19.7 Å². The standard InChI is InChI=1S/C15H18N4O4/c1-9-14(22)17(2)8-12-18(6-5-13(21)19(9)12)15(23)10-3-4-11(20)16-7-10/h3-4,7,9,12H,5-6,8H2,1-2H3,(H,16,20). The molecule has 0 aromatic carbocycles. The molecule has 0 bridgehead atoms. The van der Waals surface area contributed by atoms with Crippen LogP contribution in [0.15, 0.2) is 23.1 Å². The lowest BCUT2D eigenvalue weighted by molar-refractivity contribution is -0.164. The quantitative estimate of drug-likeness (QED) is 0.736. The smallest absolute Gasteiger partial charge is 0.257 e. The van der Waals surface area contributed by atoms with Gasteiger partial charge in [0.05, 0.1) is 12.1 Å². The zero-order valence-corrected chi connectivity index (χ0v) is 13.0. The van der Waals surface area contributed by atoms with Crippen molar-refractivity contribution >= 4 is 17.7 Å². The molecule has 2 saturated heterocycles. The van der Waals surface area contributed by atoms with Gasteiger partial charge < -0.3 is 19.7 Å². The molecule has 8 heteroatoms. The summed E-state index contributed by atoms with van der Waals surface area (Å²) in [6.07, 6.45) is 1.08. The van der Waals surface area contributed by atoms with Crippen molar-refractivity contribution in [3.05, 3.63) is 34.2 Å². The molecule has 0 saturated carbocycles. The van der Waals surface area contributed by atoms with Gasteiger partial charge in [-0.2, -0.15) is 0 Å². The predicted octanol–water partition coefficient (Wildman–Crippen LogP) is -0.764. The van der Waals surface area contributed by atoms with Gasteiger partial charge >= 0.3 is 0 Å². The third kappa shape index (κ3) is 2.49. The zero-order chi connectivity index (χ0) is 16.7. The third-order valence-electron chi connectivity index (χ3n) is 4.42. The first kappa shape index (κ1) is 15.3. The van der Waals surface area contributed by atoms with Crippen molar-refractivity contribution in [2.45, 2.75) is 25.6 Å². The summed E-state index contributed by atoms with van der Waals surface area (Å²) < 4.78 is 0. The first-order chi connectivity index (χ1) is 10.9. The van der Waals surface area contributed by atoms with E-state index in [4.69, 9.17) is 0 Å². The number of aromatic nitrogens is 1. The lowest BCUT2D eigenvalue weighted by Crippen LogP contribution is -2.70. The number of rotatable bonds is 1. The molecule has 3 amide bonds. The van der Waals surface area contributed by atoms with Crippen LogP contribution in [0.5, 0.6) is 0 Å². The maximum absolute atomic E-state index is 12.7. The summed E-state index contributed by atoms with van der Waals surface area (Å²) in [5, 5.41) is 0. The van der Waals surface area contributed by atoms with Gasteiger partial charge in [0.25, 0.3) is 5.91 Å². The van der Waals surface area contributed by atoms with Crippen LogP contribution in [0.1, 0.15) is 23.7 Å². The second-order valence-corrected chi connectivity index (χ2v) is 5.87. The second-order valence-electron chi connectivity index (χ2n) is 5.87. The highest BCUT2D eigenvalue weighted by molar-refractivity contribution is 5.96. The molecule has 3 rings (SSSR count). The molecule has 122 valence electrons. The zero-order valence-electron chi connectivity index (χ0n) is 13.0. The van der Waals surface area contributed by atoms with E-state index in [2.05, 4.69) is 4.98 Å². The molecule has 1 aromatic heterocycles. The Labute approximate surface area is 132 Å². The fourth-order valence-electron chi connectivity index (χ4n) is 3.19. The number of piperazine rings is 1. The topological polar surface area (TPSA) is 93.8 Å². The molecule has 0 spiro atoms. The highest BCUT2D eigenvalue weighted by Crippen LogP contribution is 2.25. The molecule has 1 aromatic rings. The Morgan fingerprint density at radius 3 is 2.65 bits per heavy atom. The molecule has 2 unspecified atom stereocenters. The van der Waals surface area contributed by atoms with Gasteiger partial charge in [-0.1, -0.05) is 0 Å². The minimum atomic E-state index is -0.586. The summed E-state index contributed by atoms with van der Waals surface area (Å²) in [5.41, 5.74) is 0.0692. The molecule has 2 aliphatic heterocycles. The van der Waals surface area contributed by atoms with E-state index in [1.165, 1.54) is 28.1 Å². The monoisotopic (exact) mass is 318 g/mol. The van der Waals surface area contributed by atoms with Crippen LogP contribution >= 0.6 is 0 Å². The fourth-order valence-corrected chi connectivity index (χ4v) is 3.19. The van der Waals surface area contributed by atoms with Crippen molar-refractivity contribution in [1.29, 1.82) is 0 Å². The van der Waals surface area contributed by atoms with Crippen molar-refractivity contribution in [2.24, 2.45) is 0 Å². The van der Waals surface area contributed by atoms with Gasteiger partial charge in [0, 0.05) is 32.3 Å². The normalized spacial score (nSPS) is 24.7. The van der Waals surface area contributed by atoms with E-state index in [9.17, 15) is 19.2 Å². The number of carbonyl (C=O) groups excluding carboxylic acids is 3. The number of H-pyrrole nitrogens is 1. The molecule has 2 aliphatic rings. The molecule has 23 heavy (non-hydrogen) atoms. The fraction of sp³-hybridized carbons (Fsp3) is 0.467. The Morgan fingerprint density at radius 2 is 2.00 bits per heavy atom. The van der Waals surface area contributed by atoms with Gasteiger partial charge in [-0.25, -0.2) is 0 Å². The molecule has 8 nitrogen and oxygen atoms in total. The van der Waals surface area contributed by atoms with E-state index < -0.39 is 12.2 Å². The molecule has 1 N–H and O–H groups in total. The van der Waals surface area contributed by atoms with Gasteiger partial charge in [-0.05, 0) is 13.0 Å². The molecule has 3 heterocycles. The average molecular weight is 318 g/mol. The number of hydrogen-bond acceptors (Lipinski definition) is 4. The van der Waals surface area contributed by atoms with Crippen LogP contribution in [0.25, 0.3) is 0 Å². The van der Waals surface area contributed by atoms with E-state index in [0.717, 1.165) is 0 Å². The van der Waals surface area contributed by atoms with Crippen LogP contribution in [-0.2, 0) is 9.59 Å².